The number of nitrogens with zero attached hydrogens (tertiary/aromatic N) is 2. The van der Waals surface area contributed by atoms with Crippen LogP contribution in [-0.4, -0.2) is 27.7 Å². The van der Waals surface area contributed by atoms with Gasteiger partial charge in [0.1, 0.15) is 5.75 Å². The molecule has 0 saturated heterocycles. The number of ether oxygens (including phenoxy) is 1. The maximum absolute atomic E-state index is 10.9. The summed E-state index contributed by atoms with van der Waals surface area (Å²) in [4.78, 5) is 15.1. The standard InChI is InChI=1S/C12H12N2O3/c1-14-6-10(13-7-14)9-5-8(12(15)16)3-4-11(9)17-2/h3-7H,1-2H3,(H,15,16). The summed E-state index contributed by atoms with van der Waals surface area (Å²) in [5.41, 5.74) is 1.58. The van der Waals surface area contributed by atoms with Crippen LogP contribution in [0.25, 0.3) is 11.3 Å². The molecular weight excluding hydrogens is 220 g/mol. The molecule has 2 rings (SSSR count). The highest BCUT2D eigenvalue weighted by Gasteiger charge is 2.12. The maximum Gasteiger partial charge on any atom is 0.335 e. The Morgan fingerprint density at radius 2 is 2.24 bits per heavy atom. The minimum absolute atomic E-state index is 0.214. The van der Waals surface area contributed by atoms with E-state index in [1.807, 2.05) is 13.2 Å². The number of aryl methyl sites for hydroxylation is 1. The predicted molar refractivity (Wildman–Crippen MR) is 62.2 cm³/mol. The van der Waals surface area contributed by atoms with Crippen LogP contribution >= 0.6 is 0 Å². The van der Waals surface area contributed by atoms with Crippen molar-refractivity contribution in [3.8, 4) is 17.0 Å². The van der Waals surface area contributed by atoms with Gasteiger partial charge in [0.2, 0.25) is 0 Å². The van der Waals surface area contributed by atoms with E-state index in [9.17, 15) is 4.79 Å². The Labute approximate surface area is 98.3 Å². The third-order valence-electron chi connectivity index (χ3n) is 2.43. The molecule has 2 aromatic rings. The zero-order chi connectivity index (χ0) is 12.4. The van der Waals surface area contributed by atoms with Gasteiger partial charge in [0.05, 0.1) is 24.7 Å². The van der Waals surface area contributed by atoms with E-state index in [0.29, 0.717) is 17.0 Å². The summed E-state index contributed by atoms with van der Waals surface area (Å²) >= 11 is 0. The van der Waals surface area contributed by atoms with Crippen LogP contribution in [0.2, 0.25) is 0 Å². The fraction of sp³-hybridized carbons (Fsp3) is 0.167. The van der Waals surface area contributed by atoms with Crippen LogP contribution in [0.1, 0.15) is 10.4 Å². The lowest BCUT2D eigenvalue weighted by molar-refractivity contribution is 0.0697. The molecule has 1 heterocycles. The number of imidazole rings is 1. The first-order chi connectivity index (χ1) is 8.11. The fourth-order valence-corrected chi connectivity index (χ4v) is 1.59. The second-order valence-electron chi connectivity index (χ2n) is 3.64. The van der Waals surface area contributed by atoms with Gasteiger partial charge in [-0.25, -0.2) is 9.78 Å². The highest BCUT2D eigenvalue weighted by atomic mass is 16.5. The first kappa shape index (κ1) is 11.2. The van der Waals surface area contributed by atoms with Crippen molar-refractivity contribution in [2.24, 2.45) is 7.05 Å². The number of hydrogen-bond donors (Lipinski definition) is 1. The Morgan fingerprint density at radius 3 is 2.76 bits per heavy atom. The van der Waals surface area contributed by atoms with Gasteiger partial charge >= 0.3 is 5.97 Å². The minimum atomic E-state index is -0.968. The quantitative estimate of drug-likeness (QED) is 0.876. The van der Waals surface area contributed by atoms with Crippen LogP contribution in [0, 0.1) is 0 Å². The summed E-state index contributed by atoms with van der Waals surface area (Å²) in [7, 11) is 3.40. The monoisotopic (exact) mass is 232 g/mol. The van der Waals surface area contributed by atoms with Gasteiger partial charge in [0, 0.05) is 18.8 Å². The van der Waals surface area contributed by atoms with E-state index in [4.69, 9.17) is 9.84 Å². The van der Waals surface area contributed by atoms with Crippen molar-refractivity contribution in [3.05, 3.63) is 36.3 Å². The average molecular weight is 232 g/mol. The molecule has 88 valence electrons. The summed E-state index contributed by atoms with van der Waals surface area (Å²) in [6.45, 7) is 0. The van der Waals surface area contributed by atoms with E-state index in [2.05, 4.69) is 4.98 Å². The van der Waals surface area contributed by atoms with Crippen LogP contribution < -0.4 is 4.74 Å². The molecule has 0 bridgehead atoms. The molecule has 1 N–H and O–H groups in total. The molecular formula is C12H12N2O3. The number of carboxylic acid groups (broad SMARTS) is 1. The molecule has 1 aromatic heterocycles. The number of benzene rings is 1. The van der Waals surface area contributed by atoms with Gasteiger partial charge in [0.25, 0.3) is 0 Å². The Morgan fingerprint density at radius 1 is 1.47 bits per heavy atom. The van der Waals surface area contributed by atoms with Crippen molar-refractivity contribution in [1.82, 2.24) is 9.55 Å². The fourth-order valence-electron chi connectivity index (χ4n) is 1.59. The summed E-state index contributed by atoms with van der Waals surface area (Å²) in [6, 6.07) is 4.70. The van der Waals surface area contributed by atoms with E-state index < -0.39 is 5.97 Å². The summed E-state index contributed by atoms with van der Waals surface area (Å²) < 4.78 is 7.00. The molecule has 0 saturated carbocycles. The number of aromatic nitrogens is 2. The van der Waals surface area contributed by atoms with Gasteiger partial charge in [-0.1, -0.05) is 0 Å². The van der Waals surface area contributed by atoms with Crippen LogP contribution in [-0.2, 0) is 7.05 Å². The van der Waals surface area contributed by atoms with Crippen molar-refractivity contribution in [3.63, 3.8) is 0 Å². The molecule has 5 nitrogen and oxygen atoms in total. The number of carbonyl (C=O) groups is 1. The van der Waals surface area contributed by atoms with Gasteiger partial charge in [-0.05, 0) is 18.2 Å². The van der Waals surface area contributed by atoms with E-state index in [0.717, 1.165) is 0 Å². The van der Waals surface area contributed by atoms with Gasteiger partial charge in [-0.15, -0.1) is 0 Å². The highest BCUT2D eigenvalue weighted by Crippen LogP contribution is 2.29. The van der Waals surface area contributed by atoms with Crippen molar-refractivity contribution < 1.29 is 14.6 Å². The normalized spacial score (nSPS) is 10.2. The number of rotatable bonds is 3. The molecule has 0 spiro atoms. The lowest BCUT2D eigenvalue weighted by Gasteiger charge is -2.07. The molecule has 0 amide bonds. The molecule has 5 heteroatoms. The molecule has 0 aliphatic carbocycles. The maximum atomic E-state index is 10.9. The number of aromatic carboxylic acids is 1. The third-order valence-corrected chi connectivity index (χ3v) is 2.43. The molecule has 0 aliphatic heterocycles. The third kappa shape index (κ3) is 2.13. The van der Waals surface area contributed by atoms with Gasteiger partial charge in [0.15, 0.2) is 0 Å². The molecule has 0 radical (unpaired) electrons. The number of carboxylic acids is 1. The van der Waals surface area contributed by atoms with Crippen molar-refractivity contribution in [2.45, 2.75) is 0 Å². The van der Waals surface area contributed by atoms with Crippen LogP contribution in [0.5, 0.6) is 5.75 Å². The summed E-state index contributed by atoms with van der Waals surface area (Å²) in [5.74, 6) is -0.362. The summed E-state index contributed by atoms with van der Waals surface area (Å²) in [5, 5.41) is 8.96. The second-order valence-corrected chi connectivity index (χ2v) is 3.64. The van der Waals surface area contributed by atoms with Crippen LogP contribution in [0.4, 0.5) is 0 Å². The highest BCUT2D eigenvalue weighted by molar-refractivity contribution is 5.90. The predicted octanol–water partition coefficient (Wildman–Crippen LogP) is 1.79. The van der Waals surface area contributed by atoms with Crippen LogP contribution in [0.3, 0.4) is 0 Å². The Hall–Kier alpha value is -2.30. The van der Waals surface area contributed by atoms with Crippen molar-refractivity contribution in [1.29, 1.82) is 0 Å². The molecule has 1 aromatic carbocycles. The Balaban J connectivity index is 2.57. The summed E-state index contributed by atoms with van der Waals surface area (Å²) in [6.07, 6.45) is 3.46. The lowest BCUT2D eigenvalue weighted by Crippen LogP contribution is -1.98. The smallest absolute Gasteiger partial charge is 0.335 e. The first-order valence-electron chi connectivity index (χ1n) is 5.01. The van der Waals surface area contributed by atoms with Crippen molar-refractivity contribution in [2.75, 3.05) is 7.11 Å². The first-order valence-corrected chi connectivity index (χ1v) is 5.01. The SMILES string of the molecule is COc1ccc(C(=O)O)cc1-c1cn(C)cn1. The Kier molecular flexibility index (Phi) is 2.82. The molecule has 0 unspecified atom stereocenters. The van der Waals surface area contributed by atoms with Crippen molar-refractivity contribution >= 4 is 5.97 Å². The molecule has 0 fully saturated rings. The Bertz CT molecular complexity index is 561. The second kappa shape index (κ2) is 4.29. The van der Waals surface area contributed by atoms with Crippen LogP contribution in [0.15, 0.2) is 30.7 Å². The minimum Gasteiger partial charge on any atom is -0.496 e. The van der Waals surface area contributed by atoms with Gasteiger partial charge in [-0.3, -0.25) is 0 Å². The van der Waals surface area contributed by atoms with E-state index >= 15 is 0 Å². The zero-order valence-corrected chi connectivity index (χ0v) is 9.54. The zero-order valence-electron chi connectivity index (χ0n) is 9.54. The van der Waals surface area contributed by atoms with E-state index in [1.165, 1.54) is 6.07 Å². The lowest BCUT2D eigenvalue weighted by atomic mass is 10.1. The number of hydrogen-bond acceptors (Lipinski definition) is 3. The topological polar surface area (TPSA) is 64.3 Å². The largest absolute Gasteiger partial charge is 0.496 e. The number of methoxy groups -OCH3 is 1. The van der Waals surface area contributed by atoms with Gasteiger partial charge < -0.3 is 14.4 Å². The molecule has 0 aliphatic rings. The van der Waals surface area contributed by atoms with E-state index in [-0.39, 0.29) is 5.56 Å². The molecule has 17 heavy (non-hydrogen) atoms. The average Bonchev–Trinajstić information content (AvgIpc) is 2.74. The van der Waals surface area contributed by atoms with Gasteiger partial charge in [-0.2, -0.15) is 0 Å². The van der Waals surface area contributed by atoms with E-state index in [1.54, 1.807) is 30.1 Å². The molecule has 0 atom stereocenters.